The Morgan fingerprint density at radius 1 is 1.32 bits per heavy atom. The van der Waals surface area contributed by atoms with Gasteiger partial charge in [0, 0.05) is 18.7 Å². The maximum Gasteiger partial charge on any atom is 0.319 e. The van der Waals surface area contributed by atoms with Crippen molar-refractivity contribution in [1.29, 1.82) is 0 Å². The Morgan fingerprint density at radius 3 is 2.68 bits per heavy atom. The van der Waals surface area contributed by atoms with Crippen LogP contribution < -0.4 is 10.6 Å². The highest BCUT2D eigenvalue weighted by Crippen LogP contribution is 2.19. The topological polar surface area (TPSA) is 78.4 Å². The lowest BCUT2D eigenvalue weighted by molar-refractivity contribution is -0.137. The molecule has 0 unspecified atom stereocenters. The minimum absolute atomic E-state index is 0.0845. The van der Waals surface area contributed by atoms with E-state index < -0.39 is 17.8 Å². The second-order valence-electron chi connectivity index (χ2n) is 3.86. The van der Waals surface area contributed by atoms with Crippen LogP contribution in [-0.2, 0) is 4.79 Å². The fraction of sp³-hybridized carbons (Fsp3) is 0.333. The van der Waals surface area contributed by atoms with E-state index in [0.717, 1.165) is 0 Å². The van der Waals surface area contributed by atoms with E-state index in [1.54, 1.807) is 6.07 Å². The minimum Gasteiger partial charge on any atom is -0.481 e. The number of aliphatic carboxylic acids is 1. The summed E-state index contributed by atoms with van der Waals surface area (Å²) in [4.78, 5) is 21.7. The summed E-state index contributed by atoms with van der Waals surface area (Å²) in [5.74, 6) is -1.31. The van der Waals surface area contributed by atoms with Gasteiger partial charge in [-0.2, -0.15) is 0 Å². The van der Waals surface area contributed by atoms with E-state index >= 15 is 0 Å². The fourth-order valence-corrected chi connectivity index (χ4v) is 1.60. The summed E-state index contributed by atoms with van der Waals surface area (Å²) >= 11 is 3.02. The minimum atomic E-state index is -0.852. The van der Waals surface area contributed by atoms with E-state index in [2.05, 4.69) is 26.6 Å². The van der Waals surface area contributed by atoms with Gasteiger partial charge in [0.15, 0.2) is 0 Å². The summed E-state index contributed by atoms with van der Waals surface area (Å²) in [6, 6.07) is 3.82. The van der Waals surface area contributed by atoms with Crippen molar-refractivity contribution in [3.63, 3.8) is 0 Å². The van der Waals surface area contributed by atoms with Crippen LogP contribution in [0.3, 0.4) is 0 Å². The molecule has 2 amide bonds. The van der Waals surface area contributed by atoms with Gasteiger partial charge in [-0.3, -0.25) is 4.79 Å². The normalized spacial score (nSPS) is 10.0. The zero-order valence-corrected chi connectivity index (χ0v) is 11.7. The van der Waals surface area contributed by atoms with Crippen molar-refractivity contribution in [2.45, 2.75) is 19.3 Å². The van der Waals surface area contributed by atoms with Crippen molar-refractivity contribution in [2.24, 2.45) is 0 Å². The molecule has 104 valence electrons. The lowest BCUT2D eigenvalue weighted by atomic mass is 10.2. The maximum absolute atomic E-state index is 13.2. The van der Waals surface area contributed by atoms with Crippen molar-refractivity contribution >= 4 is 33.6 Å². The van der Waals surface area contributed by atoms with Crippen LogP contribution >= 0.6 is 15.9 Å². The number of nitrogens with one attached hydrogen (secondary N) is 2. The molecular formula is C12H14BrFN2O3. The Hall–Kier alpha value is -1.63. The summed E-state index contributed by atoms with van der Waals surface area (Å²) in [6.07, 6.45) is 1.16. The Morgan fingerprint density at radius 2 is 2.05 bits per heavy atom. The third kappa shape index (κ3) is 6.19. The summed E-state index contributed by atoms with van der Waals surface area (Å²) in [7, 11) is 0. The molecule has 7 heteroatoms. The molecule has 5 nitrogen and oxygen atoms in total. The number of hydrogen-bond acceptors (Lipinski definition) is 2. The first kappa shape index (κ1) is 15.4. The van der Waals surface area contributed by atoms with Crippen molar-refractivity contribution in [1.82, 2.24) is 5.32 Å². The molecule has 0 saturated heterocycles. The molecule has 0 aliphatic carbocycles. The zero-order valence-electron chi connectivity index (χ0n) is 10.1. The van der Waals surface area contributed by atoms with Gasteiger partial charge < -0.3 is 15.7 Å². The van der Waals surface area contributed by atoms with Gasteiger partial charge >= 0.3 is 12.0 Å². The van der Waals surface area contributed by atoms with Crippen molar-refractivity contribution in [3.05, 3.63) is 28.5 Å². The lowest BCUT2D eigenvalue weighted by Gasteiger charge is -2.07. The van der Waals surface area contributed by atoms with Gasteiger partial charge in [-0.15, -0.1) is 0 Å². The van der Waals surface area contributed by atoms with Crippen LogP contribution in [0.5, 0.6) is 0 Å². The number of carboxylic acids is 1. The Kier molecular flexibility index (Phi) is 6.27. The number of anilines is 1. The van der Waals surface area contributed by atoms with E-state index in [1.807, 2.05) is 0 Å². The predicted octanol–water partition coefficient (Wildman–Crippen LogP) is 2.96. The molecule has 0 fully saturated rings. The summed E-state index contributed by atoms with van der Waals surface area (Å²) in [5.41, 5.74) is 0.351. The van der Waals surface area contributed by atoms with Crippen LogP contribution in [0.4, 0.5) is 14.9 Å². The quantitative estimate of drug-likeness (QED) is 0.701. The number of carboxylic acid groups (broad SMARTS) is 1. The molecule has 0 aromatic heterocycles. The van der Waals surface area contributed by atoms with Crippen LogP contribution in [0.25, 0.3) is 0 Å². The monoisotopic (exact) mass is 332 g/mol. The van der Waals surface area contributed by atoms with Crippen molar-refractivity contribution < 1.29 is 19.1 Å². The smallest absolute Gasteiger partial charge is 0.319 e. The highest BCUT2D eigenvalue weighted by Gasteiger charge is 2.04. The van der Waals surface area contributed by atoms with Crippen LogP contribution in [0.15, 0.2) is 22.7 Å². The molecule has 0 saturated carbocycles. The van der Waals surface area contributed by atoms with Crippen molar-refractivity contribution in [2.75, 3.05) is 11.9 Å². The largest absolute Gasteiger partial charge is 0.481 e. The third-order valence-corrected chi connectivity index (χ3v) is 2.92. The molecule has 0 radical (unpaired) electrons. The lowest BCUT2D eigenvalue weighted by Crippen LogP contribution is -2.29. The second-order valence-corrected chi connectivity index (χ2v) is 4.71. The Bertz CT molecular complexity index is 468. The Balaban J connectivity index is 2.27. The van der Waals surface area contributed by atoms with Crippen molar-refractivity contribution in [3.8, 4) is 0 Å². The standard InChI is InChI=1S/C12H14BrFN2O3/c13-9-5-4-8(7-10(9)14)16-12(19)15-6-2-1-3-11(17)18/h4-5,7H,1-3,6H2,(H,17,18)(H2,15,16,19). The molecule has 0 aliphatic heterocycles. The van der Waals surface area contributed by atoms with Gasteiger partial charge in [-0.1, -0.05) is 0 Å². The van der Waals surface area contributed by atoms with E-state index in [1.165, 1.54) is 12.1 Å². The third-order valence-electron chi connectivity index (χ3n) is 2.28. The van der Waals surface area contributed by atoms with E-state index in [-0.39, 0.29) is 6.42 Å². The number of carbonyl (C=O) groups excluding carboxylic acids is 1. The van der Waals surface area contributed by atoms with Gasteiger partial charge in [0.1, 0.15) is 5.82 Å². The molecule has 19 heavy (non-hydrogen) atoms. The van der Waals surface area contributed by atoms with Crippen LogP contribution in [0.2, 0.25) is 0 Å². The first-order valence-electron chi connectivity index (χ1n) is 5.70. The zero-order chi connectivity index (χ0) is 14.3. The molecule has 3 N–H and O–H groups in total. The molecule has 0 heterocycles. The van der Waals surface area contributed by atoms with Gasteiger partial charge in [-0.25, -0.2) is 9.18 Å². The second kappa shape index (κ2) is 7.73. The van der Waals surface area contributed by atoms with Gasteiger partial charge in [-0.05, 0) is 47.0 Å². The molecule has 0 spiro atoms. The summed E-state index contributed by atoms with van der Waals surface area (Å²) in [5, 5.41) is 13.5. The van der Waals surface area contributed by atoms with E-state index in [9.17, 15) is 14.0 Å². The highest BCUT2D eigenvalue weighted by molar-refractivity contribution is 9.10. The number of carbonyl (C=O) groups is 2. The van der Waals surface area contributed by atoms with Gasteiger partial charge in [0.2, 0.25) is 0 Å². The summed E-state index contributed by atoms with van der Waals surface area (Å²) < 4.78 is 13.5. The average Bonchev–Trinajstić information content (AvgIpc) is 2.33. The number of amides is 2. The molecule has 0 atom stereocenters. The molecule has 1 rings (SSSR count). The molecular weight excluding hydrogens is 319 g/mol. The molecule has 0 bridgehead atoms. The number of halogens is 2. The first-order chi connectivity index (χ1) is 8.99. The summed E-state index contributed by atoms with van der Waals surface area (Å²) in [6.45, 7) is 0.373. The molecule has 0 aliphatic rings. The maximum atomic E-state index is 13.2. The number of hydrogen-bond donors (Lipinski definition) is 3. The average molecular weight is 333 g/mol. The molecule has 1 aromatic rings. The van der Waals surface area contributed by atoms with Gasteiger partial charge in [0.25, 0.3) is 0 Å². The fourth-order valence-electron chi connectivity index (χ4n) is 1.35. The number of benzene rings is 1. The number of urea groups is 1. The first-order valence-corrected chi connectivity index (χ1v) is 6.50. The molecule has 1 aromatic carbocycles. The Labute approximate surface area is 118 Å². The van der Waals surface area contributed by atoms with Crippen LogP contribution in [0.1, 0.15) is 19.3 Å². The number of unbranched alkanes of at least 4 members (excludes halogenated alkanes) is 1. The van der Waals surface area contributed by atoms with E-state index in [0.29, 0.717) is 29.5 Å². The highest BCUT2D eigenvalue weighted by atomic mass is 79.9. The predicted molar refractivity (Wildman–Crippen MR) is 72.6 cm³/mol. The van der Waals surface area contributed by atoms with E-state index in [4.69, 9.17) is 5.11 Å². The number of rotatable bonds is 6. The van der Waals surface area contributed by atoms with Gasteiger partial charge in [0.05, 0.1) is 4.47 Å². The van der Waals surface area contributed by atoms with Crippen LogP contribution in [-0.4, -0.2) is 23.7 Å². The van der Waals surface area contributed by atoms with Crippen LogP contribution in [0, 0.1) is 5.82 Å². The SMILES string of the molecule is O=C(O)CCCCNC(=O)Nc1ccc(Br)c(F)c1.